The minimum absolute atomic E-state index is 0. The fourth-order valence-corrected chi connectivity index (χ4v) is 2.15. The Morgan fingerprint density at radius 2 is 2.00 bits per heavy atom. The number of nitrogens with one attached hydrogen (secondary N) is 2. The van der Waals surface area contributed by atoms with Gasteiger partial charge in [0.2, 0.25) is 5.88 Å². The Kier molecular flexibility index (Phi) is 9.98. The first-order chi connectivity index (χ1) is 11.7. The maximum Gasteiger partial charge on any atom is 0.213 e. The molecule has 0 radical (unpaired) electrons. The fourth-order valence-electron chi connectivity index (χ4n) is 2.15. The van der Waals surface area contributed by atoms with E-state index in [0.717, 1.165) is 31.2 Å². The highest BCUT2D eigenvalue weighted by molar-refractivity contribution is 14.0. The lowest BCUT2D eigenvalue weighted by Crippen LogP contribution is -2.38. The molecule has 0 bridgehead atoms. The zero-order valence-corrected chi connectivity index (χ0v) is 17.4. The molecule has 0 saturated carbocycles. The van der Waals surface area contributed by atoms with Crippen LogP contribution >= 0.6 is 24.0 Å². The van der Waals surface area contributed by atoms with Crippen LogP contribution in [0.5, 0.6) is 5.88 Å². The predicted molar refractivity (Wildman–Crippen MR) is 113 cm³/mol. The van der Waals surface area contributed by atoms with E-state index >= 15 is 0 Å². The second-order valence-corrected chi connectivity index (χ2v) is 5.71. The van der Waals surface area contributed by atoms with Crippen molar-refractivity contribution in [1.29, 1.82) is 0 Å². The summed E-state index contributed by atoms with van der Waals surface area (Å²) in [7, 11) is 0. The molecule has 0 spiro atoms. The number of pyridine rings is 1. The van der Waals surface area contributed by atoms with Crippen LogP contribution in [0.15, 0.2) is 47.8 Å². The van der Waals surface area contributed by atoms with Crippen LogP contribution in [0.1, 0.15) is 26.3 Å². The zero-order chi connectivity index (χ0) is 17.2. The Balaban J connectivity index is 0.00000312. The highest BCUT2D eigenvalue weighted by Gasteiger charge is 2.01. The second kappa shape index (κ2) is 11.7. The summed E-state index contributed by atoms with van der Waals surface area (Å²) in [6, 6.07) is 7.94. The first-order valence-electron chi connectivity index (χ1n) is 8.42. The van der Waals surface area contributed by atoms with Crippen molar-refractivity contribution in [3.8, 4) is 5.88 Å². The van der Waals surface area contributed by atoms with Gasteiger partial charge >= 0.3 is 0 Å². The molecule has 0 aliphatic rings. The number of guanidine groups is 1. The van der Waals surface area contributed by atoms with E-state index in [-0.39, 0.29) is 30.1 Å². The molecule has 2 N–H and O–H groups in total. The average Bonchev–Trinajstić information content (AvgIpc) is 3.07. The van der Waals surface area contributed by atoms with Gasteiger partial charge in [0, 0.05) is 44.3 Å². The lowest BCUT2D eigenvalue weighted by molar-refractivity contribution is 0.232. The van der Waals surface area contributed by atoms with Crippen LogP contribution in [0.3, 0.4) is 0 Å². The van der Waals surface area contributed by atoms with Crippen LogP contribution < -0.4 is 15.4 Å². The molecular weight excluding hydrogens is 429 g/mol. The smallest absolute Gasteiger partial charge is 0.213 e. The Morgan fingerprint density at radius 1 is 1.24 bits per heavy atom. The monoisotopic (exact) mass is 457 g/mol. The summed E-state index contributed by atoms with van der Waals surface area (Å²) >= 11 is 0. The molecule has 7 heteroatoms. The molecule has 2 heterocycles. The van der Waals surface area contributed by atoms with E-state index in [4.69, 9.17) is 4.74 Å². The molecule has 0 saturated heterocycles. The molecular formula is C18H28IN5O. The summed E-state index contributed by atoms with van der Waals surface area (Å²) in [5, 5.41) is 6.59. The minimum atomic E-state index is 0. The van der Waals surface area contributed by atoms with Crippen molar-refractivity contribution in [1.82, 2.24) is 20.2 Å². The first-order valence-corrected chi connectivity index (χ1v) is 8.42. The van der Waals surface area contributed by atoms with E-state index in [1.54, 1.807) is 0 Å². The maximum atomic E-state index is 5.55. The van der Waals surface area contributed by atoms with Crippen LogP contribution in [0.25, 0.3) is 0 Å². The molecule has 2 aromatic rings. The van der Waals surface area contributed by atoms with E-state index in [2.05, 4.69) is 44.5 Å². The topological polar surface area (TPSA) is 63.5 Å². The molecule has 0 amide bonds. The summed E-state index contributed by atoms with van der Waals surface area (Å²) in [6.07, 6.45) is 6.05. The first kappa shape index (κ1) is 21.3. The number of aromatic nitrogens is 2. The van der Waals surface area contributed by atoms with Gasteiger partial charge < -0.3 is 19.9 Å². The van der Waals surface area contributed by atoms with E-state index in [9.17, 15) is 0 Å². The van der Waals surface area contributed by atoms with Gasteiger partial charge in [-0.25, -0.2) is 9.98 Å². The molecule has 0 unspecified atom stereocenters. The van der Waals surface area contributed by atoms with Crippen molar-refractivity contribution in [2.45, 2.75) is 40.0 Å². The highest BCUT2D eigenvalue weighted by atomic mass is 127. The molecule has 2 aromatic heterocycles. The molecule has 0 atom stereocenters. The zero-order valence-electron chi connectivity index (χ0n) is 15.1. The van der Waals surface area contributed by atoms with Crippen LogP contribution in [0.2, 0.25) is 0 Å². The number of aliphatic imine (C=N–C) groups is 1. The molecule has 138 valence electrons. The van der Waals surface area contributed by atoms with E-state index in [1.807, 2.05) is 44.3 Å². The lowest BCUT2D eigenvalue weighted by atomic mass is 10.3. The SMILES string of the molecule is CCNC(=NCc1ccc(OC(C)C)nc1)NCCn1cccc1.I. The van der Waals surface area contributed by atoms with E-state index in [1.165, 1.54) is 0 Å². The number of hydrogen-bond donors (Lipinski definition) is 2. The normalized spacial score (nSPS) is 11.1. The predicted octanol–water partition coefficient (Wildman–Crippen LogP) is 3.04. The highest BCUT2D eigenvalue weighted by Crippen LogP contribution is 2.10. The van der Waals surface area contributed by atoms with Crippen molar-refractivity contribution < 1.29 is 4.74 Å². The average molecular weight is 457 g/mol. The quantitative estimate of drug-likeness (QED) is 0.364. The Hall–Kier alpha value is -1.77. The van der Waals surface area contributed by atoms with E-state index < -0.39 is 0 Å². The van der Waals surface area contributed by atoms with Crippen molar-refractivity contribution in [3.63, 3.8) is 0 Å². The van der Waals surface area contributed by atoms with Gasteiger partial charge in [0.1, 0.15) is 0 Å². The number of halogens is 1. The molecule has 0 aliphatic heterocycles. The van der Waals surface area contributed by atoms with Gasteiger partial charge in [0.25, 0.3) is 0 Å². The Labute approximate surface area is 167 Å². The summed E-state index contributed by atoms with van der Waals surface area (Å²) in [4.78, 5) is 8.90. The van der Waals surface area contributed by atoms with Crippen molar-refractivity contribution in [2.75, 3.05) is 13.1 Å². The van der Waals surface area contributed by atoms with Gasteiger partial charge in [0.15, 0.2) is 5.96 Å². The standard InChI is InChI=1S/C18H27N5O.HI/c1-4-19-18(20-9-12-23-10-5-6-11-23)22-14-16-7-8-17(21-13-16)24-15(2)3;/h5-8,10-11,13,15H,4,9,12,14H2,1-3H3,(H2,19,20,22);1H. The van der Waals surface area contributed by atoms with Crippen LogP contribution in [0.4, 0.5) is 0 Å². The van der Waals surface area contributed by atoms with Gasteiger partial charge in [-0.05, 0) is 38.5 Å². The van der Waals surface area contributed by atoms with Gasteiger partial charge in [-0.2, -0.15) is 0 Å². The third-order valence-electron chi connectivity index (χ3n) is 3.25. The minimum Gasteiger partial charge on any atom is -0.475 e. The second-order valence-electron chi connectivity index (χ2n) is 5.71. The third-order valence-corrected chi connectivity index (χ3v) is 3.25. The van der Waals surface area contributed by atoms with Crippen molar-refractivity contribution in [3.05, 3.63) is 48.4 Å². The molecule has 0 aromatic carbocycles. The molecule has 0 fully saturated rings. The van der Waals surface area contributed by atoms with Gasteiger partial charge in [-0.15, -0.1) is 24.0 Å². The van der Waals surface area contributed by atoms with Gasteiger partial charge in [-0.3, -0.25) is 0 Å². The Morgan fingerprint density at radius 3 is 2.60 bits per heavy atom. The van der Waals surface area contributed by atoms with Crippen molar-refractivity contribution in [2.24, 2.45) is 4.99 Å². The van der Waals surface area contributed by atoms with Crippen LogP contribution in [-0.2, 0) is 13.1 Å². The molecule has 6 nitrogen and oxygen atoms in total. The largest absolute Gasteiger partial charge is 0.475 e. The molecule has 25 heavy (non-hydrogen) atoms. The number of rotatable bonds is 8. The summed E-state index contributed by atoms with van der Waals surface area (Å²) in [5.41, 5.74) is 1.05. The van der Waals surface area contributed by atoms with Gasteiger partial charge in [-0.1, -0.05) is 6.07 Å². The third kappa shape index (κ3) is 8.24. The summed E-state index contributed by atoms with van der Waals surface area (Å²) < 4.78 is 7.68. The lowest BCUT2D eigenvalue weighted by Gasteiger charge is -2.12. The Bertz CT molecular complexity index is 611. The van der Waals surface area contributed by atoms with E-state index in [0.29, 0.717) is 12.4 Å². The fraction of sp³-hybridized carbons (Fsp3) is 0.444. The summed E-state index contributed by atoms with van der Waals surface area (Å²) in [5.74, 6) is 1.46. The molecule has 0 aliphatic carbocycles. The van der Waals surface area contributed by atoms with Gasteiger partial charge in [0.05, 0.1) is 12.6 Å². The van der Waals surface area contributed by atoms with Crippen LogP contribution in [-0.4, -0.2) is 34.7 Å². The maximum absolute atomic E-state index is 5.55. The van der Waals surface area contributed by atoms with Crippen molar-refractivity contribution >= 4 is 29.9 Å². The number of nitrogens with zero attached hydrogens (tertiary/aromatic N) is 3. The van der Waals surface area contributed by atoms with Crippen LogP contribution in [0, 0.1) is 0 Å². The molecule has 2 rings (SSSR count). The number of hydrogen-bond acceptors (Lipinski definition) is 3. The summed E-state index contributed by atoms with van der Waals surface area (Å²) in [6.45, 7) is 9.16. The number of ether oxygens (including phenoxy) is 1.